The second-order valence-electron chi connectivity index (χ2n) is 5.07. The van der Waals surface area contributed by atoms with Crippen molar-refractivity contribution >= 4 is 40.7 Å². The molecule has 0 aliphatic heterocycles. The van der Waals surface area contributed by atoms with Crippen LogP contribution in [0.1, 0.15) is 24.9 Å². The van der Waals surface area contributed by atoms with E-state index in [2.05, 4.69) is 10.6 Å². The van der Waals surface area contributed by atoms with E-state index in [-0.39, 0.29) is 18.2 Å². The van der Waals surface area contributed by atoms with Crippen LogP contribution in [0.15, 0.2) is 48.5 Å². The van der Waals surface area contributed by atoms with E-state index in [1.54, 1.807) is 48.5 Å². The number of rotatable bonds is 5. The normalized spacial score (nSPS) is 11.6. The maximum Gasteiger partial charge on any atom is 0.226 e. The van der Waals surface area contributed by atoms with Crippen molar-refractivity contribution in [2.45, 2.75) is 19.4 Å². The van der Waals surface area contributed by atoms with E-state index in [0.29, 0.717) is 15.7 Å². The summed E-state index contributed by atoms with van der Waals surface area (Å²) >= 11 is 11.8. The molecule has 0 aliphatic rings. The highest BCUT2D eigenvalue weighted by atomic mass is 35.5. The van der Waals surface area contributed by atoms with Gasteiger partial charge in [-0.3, -0.25) is 9.59 Å². The number of amides is 2. The van der Waals surface area contributed by atoms with Gasteiger partial charge in [0.1, 0.15) is 0 Å². The molecule has 0 saturated heterocycles. The summed E-state index contributed by atoms with van der Waals surface area (Å²) in [5.74, 6) is -0.429. The van der Waals surface area contributed by atoms with Crippen molar-refractivity contribution in [2.75, 3.05) is 5.32 Å². The Kier molecular flexibility index (Phi) is 6.02. The highest BCUT2D eigenvalue weighted by Gasteiger charge is 2.17. The molecule has 0 bridgehead atoms. The highest BCUT2D eigenvalue weighted by Crippen LogP contribution is 2.21. The Balaban J connectivity index is 2.09. The minimum Gasteiger partial charge on any atom is -0.349 e. The second-order valence-corrected chi connectivity index (χ2v) is 5.94. The number of hydrogen-bond acceptors (Lipinski definition) is 2. The van der Waals surface area contributed by atoms with Crippen LogP contribution in [-0.2, 0) is 9.59 Å². The summed E-state index contributed by atoms with van der Waals surface area (Å²) in [6.45, 7) is 1.41. The first-order valence-corrected chi connectivity index (χ1v) is 7.77. The number of halogens is 2. The average molecular weight is 351 g/mol. The fraction of sp³-hybridized carbons (Fsp3) is 0.176. The van der Waals surface area contributed by atoms with Gasteiger partial charge in [0.25, 0.3) is 0 Å². The summed E-state index contributed by atoms with van der Waals surface area (Å²) in [5.41, 5.74) is 1.42. The summed E-state index contributed by atoms with van der Waals surface area (Å²) in [6, 6.07) is 13.5. The fourth-order valence-electron chi connectivity index (χ4n) is 2.16. The Morgan fingerprint density at radius 3 is 2.35 bits per heavy atom. The molecule has 1 atom stereocenters. The molecule has 2 N–H and O–H groups in total. The van der Waals surface area contributed by atoms with Crippen LogP contribution in [0.5, 0.6) is 0 Å². The first-order valence-electron chi connectivity index (χ1n) is 7.02. The Labute approximate surface area is 144 Å². The molecule has 0 radical (unpaired) electrons. The van der Waals surface area contributed by atoms with Crippen molar-refractivity contribution in [3.05, 3.63) is 64.1 Å². The quantitative estimate of drug-likeness (QED) is 0.848. The Morgan fingerprint density at radius 2 is 1.74 bits per heavy atom. The molecule has 4 nitrogen and oxygen atoms in total. The van der Waals surface area contributed by atoms with Crippen LogP contribution >= 0.6 is 23.2 Å². The summed E-state index contributed by atoms with van der Waals surface area (Å²) in [7, 11) is 0. The van der Waals surface area contributed by atoms with E-state index >= 15 is 0 Å². The van der Waals surface area contributed by atoms with Gasteiger partial charge in [0, 0.05) is 22.7 Å². The smallest absolute Gasteiger partial charge is 0.226 e. The molecule has 0 aromatic heterocycles. The summed E-state index contributed by atoms with van der Waals surface area (Å²) in [5, 5.41) is 6.68. The first-order chi connectivity index (χ1) is 10.9. The standard InChI is InChI=1S/C17H16Cl2N2O2/c1-11(22)20-16(12-5-7-13(18)8-6-12)10-17(23)21-15-4-2-3-14(19)9-15/h2-9,16H,10H2,1H3,(H,20,22)(H,21,23). The van der Waals surface area contributed by atoms with Gasteiger partial charge in [-0.05, 0) is 35.9 Å². The fourth-order valence-corrected chi connectivity index (χ4v) is 2.47. The summed E-state index contributed by atoms with van der Waals surface area (Å²) in [4.78, 5) is 23.6. The molecule has 6 heteroatoms. The van der Waals surface area contributed by atoms with Crippen LogP contribution in [0.2, 0.25) is 10.0 Å². The summed E-state index contributed by atoms with van der Waals surface area (Å²) < 4.78 is 0. The lowest BCUT2D eigenvalue weighted by Gasteiger charge is -2.18. The van der Waals surface area contributed by atoms with Crippen molar-refractivity contribution < 1.29 is 9.59 Å². The van der Waals surface area contributed by atoms with E-state index in [1.165, 1.54) is 6.92 Å². The lowest BCUT2D eigenvalue weighted by molar-refractivity contribution is -0.120. The van der Waals surface area contributed by atoms with Crippen molar-refractivity contribution in [1.29, 1.82) is 0 Å². The van der Waals surface area contributed by atoms with E-state index in [4.69, 9.17) is 23.2 Å². The molecule has 2 rings (SSSR count). The molecule has 2 amide bonds. The van der Waals surface area contributed by atoms with Gasteiger partial charge in [-0.15, -0.1) is 0 Å². The third kappa shape index (κ3) is 5.58. The second kappa shape index (κ2) is 7.99. The van der Waals surface area contributed by atoms with Crippen molar-refractivity contribution in [2.24, 2.45) is 0 Å². The van der Waals surface area contributed by atoms with Gasteiger partial charge in [0.05, 0.1) is 12.5 Å². The van der Waals surface area contributed by atoms with E-state index in [9.17, 15) is 9.59 Å². The zero-order chi connectivity index (χ0) is 16.8. The third-order valence-corrected chi connectivity index (χ3v) is 3.63. The molecule has 0 fully saturated rings. The van der Waals surface area contributed by atoms with Gasteiger partial charge >= 0.3 is 0 Å². The topological polar surface area (TPSA) is 58.2 Å². The molecule has 120 valence electrons. The predicted molar refractivity (Wildman–Crippen MR) is 92.7 cm³/mol. The van der Waals surface area contributed by atoms with Gasteiger partial charge in [-0.25, -0.2) is 0 Å². The average Bonchev–Trinajstić information content (AvgIpc) is 2.46. The molecule has 0 heterocycles. The largest absolute Gasteiger partial charge is 0.349 e. The van der Waals surface area contributed by atoms with Crippen molar-refractivity contribution in [3.63, 3.8) is 0 Å². The van der Waals surface area contributed by atoms with Gasteiger partial charge in [0.15, 0.2) is 0 Å². The Hall–Kier alpha value is -2.04. The van der Waals surface area contributed by atoms with E-state index < -0.39 is 6.04 Å². The lowest BCUT2D eigenvalue weighted by Crippen LogP contribution is -2.29. The van der Waals surface area contributed by atoms with Crippen LogP contribution in [0.3, 0.4) is 0 Å². The molecule has 0 aliphatic carbocycles. The third-order valence-electron chi connectivity index (χ3n) is 3.15. The molecule has 23 heavy (non-hydrogen) atoms. The van der Waals surface area contributed by atoms with Gasteiger partial charge in [-0.2, -0.15) is 0 Å². The Morgan fingerprint density at radius 1 is 1.04 bits per heavy atom. The van der Waals surface area contributed by atoms with Crippen LogP contribution in [0.25, 0.3) is 0 Å². The predicted octanol–water partition coefficient (Wildman–Crippen LogP) is 4.20. The number of carbonyl (C=O) groups is 2. The zero-order valence-electron chi connectivity index (χ0n) is 12.5. The lowest BCUT2D eigenvalue weighted by atomic mass is 10.0. The highest BCUT2D eigenvalue weighted by molar-refractivity contribution is 6.31. The van der Waals surface area contributed by atoms with Crippen LogP contribution in [0.4, 0.5) is 5.69 Å². The van der Waals surface area contributed by atoms with Crippen LogP contribution in [0, 0.1) is 0 Å². The monoisotopic (exact) mass is 350 g/mol. The zero-order valence-corrected chi connectivity index (χ0v) is 14.0. The SMILES string of the molecule is CC(=O)NC(CC(=O)Nc1cccc(Cl)c1)c1ccc(Cl)cc1. The van der Waals surface area contributed by atoms with Crippen LogP contribution in [-0.4, -0.2) is 11.8 Å². The molecular formula is C17H16Cl2N2O2. The summed E-state index contributed by atoms with van der Waals surface area (Å²) in [6.07, 6.45) is 0.105. The molecule has 2 aromatic carbocycles. The first kappa shape index (κ1) is 17.3. The van der Waals surface area contributed by atoms with Gasteiger partial charge in [-0.1, -0.05) is 41.4 Å². The van der Waals surface area contributed by atoms with Crippen molar-refractivity contribution in [1.82, 2.24) is 5.32 Å². The molecule has 0 spiro atoms. The number of carbonyl (C=O) groups excluding carboxylic acids is 2. The van der Waals surface area contributed by atoms with Gasteiger partial charge in [0.2, 0.25) is 11.8 Å². The minimum absolute atomic E-state index is 0.105. The van der Waals surface area contributed by atoms with E-state index in [0.717, 1.165) is 5.56 Å². The number of benzene rings is 2. The molecular weight excluding hydrogens is 335 g/mol. The molecule has 2 aromatic rings. The van der Waals surface area contributed by atoms with Crippen molar-refractivity contribution in [3.8, 4) is 0 Å². The maximum absolute atomic E-state index is 12.2. The Bertz CT molecular complexity index is 702. The molecule has 0 saturated carbocycles. The van der Waals surface area contributed by atoms with Gasteiger partial charge < -0.3 is 10.6 Å². The number of anilines is 1. The number of hydrogen-bond donors (Lipinski definition) is 2. The molecule has 1 unspecified atom stereocenters. The number of nitrogens with one attached hydrogen (secondary N) is 2. The van der Waals surface area contributed by atoms with E-state index in [1.807, 2.05) is 0 Å². The van der Waals surface area contributed by atoms with Crippen LogP contribution < -0.4 is 10.6 Å². The maximum atomic E-state index is 12.2. The minimum atomic E-state index is -0.427.